The van der Waals surface area contributed by atoms with Gasteiger partial charge in [-0.3, -0.25) is 0 Å². The summed E-state index contributed by atoms with van der Waals surface area (Å²) >= 11 is 2.06. The maximum Gasteiger partial charge on any atom is 0.264 e. The highest BCUT2D eigenvalue weighted by Crippen LogP contribution is 2.56. The maximum atomic E-state index is 2.79. The second-order valence-electron chi connectivity index (χ2n) is 35.7. The van der Waals surface area contributed by atoms with Gasteiger partial charge in [0.2, 0.25) is 0 Å². The number of nitrogens with zero attached hydrogens (tertiary/aromatic N) is 3. The summed E-state index contributed by atoms with van der Waals surface area (Å²) < 4.78 is 2.80. The van der Waals surface area contributed by atoms with E-state index in [9.17, 15) is 0 Å². The minimum atomic E-state index is -0.223. The van der Waals surface area contributed by atoms with Crippen LogP contribution in [0.1, 0.15) is 232 Å². The van der Waals surface area contributed by atoms with Crippen LogP contribution in [0.2, 0.25) is 0 Å². The molecule has 5 heteroatoms. The summed E-state index contributed by atoms with van der Waals surface area (Å²) in [5, 5.41) is 1.36. The van der Waals surface area contributed by atoms with E-state index in [0.717, 1.165) is 36.3 Å². The van der Waals surface area contributed by atoms with Crippen LogP contribution >= 0.6 is 11.3 Å². The van der Waals surface area contributed by atoms with Crippen LogP contribution in [-0.4, -0.2) is 6.71 Å². The molecule has 95 heavy (non-hydrogen) atoms. The van der Waals surface area contributed by atoms with Gasteiger partial charge in [-0.2, -0.15) is 0 Å². The van der Waals surface area contributed by atoms with Gasteiger partial charge in [0, 0.05) is 65.5 Å². The van der Waals surface area contributed by atoms with Crippen LogP contribution in [0.5, 0.6) is 0 Å². The van der Waals surface area contributed by atoms with Gasteiger partial charge < -0.3 is 14.7 Å². The molecule has 0 saturated heterocycles. The number of anilines is 9. The van der Waals surface area contributed by atoms with Crippen molar-refractivity contribution < 1.29 is 0 Å². The number of thiophene rings is 1. The molecule has 0 N–H and O–H groups in total. The minimum Gasteiger partial charge on any atom is -0.311 e. The van der Waals surface area contributed by atoms with Gasteiger partial charge in [-0.25, -0.2) is 0 Å². The number of rotatable bonds is 9. The van der Waals surface area contributed by atoms with Crippen LogP contribution in [0.25, 0.3) is 10.1 Å². The molecule has 4 aliphatic rings. The summed E-state index contributed by atoms with van der Waals surface area (Å²) in [4.78, 5) is 8.07. The smallest absolute Gasteiger partial charge is 0.264 e. The molecular weight excluding hydrogens is 1170 g/mol. The highest BCUT2D eigenvalue weighted by atomic mass is 32.1. The molecule has 0 atom stereocenters. The normalized spacial score (nSPS) is 17.0. The SMILES string of the molecule is CC(C)(C)c1cc(N2c3ccc(C(C)(C)C)cc3B3c4sc5cc6c(cc5c4N(c4ccc5c(c4)C(C)(C)CCC5(C)C)c4cc(N(c5ccc(C(C)(C)c7ccccc7)cc5)c5ccc(C(C)(C)c7ccccc7)cc5)cc2c43)C(C)(C)CCC6(C)C)cc(C(C)(C)C)c1. The molecule has 2 aliphatic heterocycles. The first kappa shape index (κ1) is 64.7. The molecule has 9 aromatic carbocycles. The van der Waals surface area contributed by atoms with E-state index in [4.69, 9.17) is 0 Å². The van der Waals surface area contributed by atoms with Crippen molar-refractivity contribution in [3.63, 3.8) is 0 Å². The summed E-state index contributed by atoms with van der Waals surface area (Å²) in [6, 6.07) is 74.5. The predicted octanol–water partition coefficient (Wildman–Crippen LogP) is 23.7. The quantitative estimate of drug-likeness (QED) is 0.133. The highest BCUT2D eigenvalue weighted by molar-refractivity contribution is 7.33. The van der Waals surface area contributed by atoms with Crippen molar-refractivity contribution in [1.29, 1.82) is 0 Å². The molecule has 3 nitrogen and oxygen atoms in total. The molecule has 14 rings (SSSR count). The van der Waals surface area contributed by atoms with E-state index in [0.29, 0.717) is 0 Å². The molecule has 0 bridgehead atoms. The third-order valence-corrected chi connectivity index (χ3v) is 24.6. The lowest BCUT2D eigenvalue weighted by molar-refractivity contribution is 0.332. The molecule has 0 fully saturated rings. The standard InChI is InChI=1S/C90H102BN3S/c1-82(2,3)61-36-43-75-74(51-61)91-79-76(93(75)67-49-62(83(4,5)6)48-63(50-67)84(7,8)9)53-68(92(64-37-32-59(33-38-64)89(18,19)57-28-24-22-25-29-57)65-39-34-60(35-40-65)90(20,21)58-30-26-23-27-31-58)54-77(79)94(66-41-42-70-71(52-66)86(12,13)45-44-85(70,10)11)80-69-55-72-73(56-78(69)95-81(80)91)88(16,17)47-46-87(72,14)15/h22-43,48-56H,44-47H2,1-21H3. The molecule has 0 saturated carbocycles. The van der Waals surface area contributed by atoms with Crippen molar-refractivity contribution >= 4 is 95.0 Å². The number of hydrogen-bond acceptors (Lipinski definition) is 4. The summed E-state index contributed by atoms with van der Waals surface area (Å²) in [5.41, 5.74) is 27.9. The summed E-state index contributed by atoms with van der Waals surface area (Å²) in [5.74, 6) is 0. The fourth-order valence-electron chi connectivity index (χ4n) is 16.5. The Labute approximate surface area is 575 Å². The third kappa shape index (κ3) is 10.8. The molecule has 0 spiro atoms. The van der Waals surface area contributed by atoms with Crippen LogP contribution in [0.4, 0.5) is 51.2 Å². The second-order valence-corrected chi connectivity index (χ2v) is 36.8. The molecule has 3 heterocycles. The van der Waals surface area contributed by atoms with Gasteiger partial charge in [0.15, 0.2) is 0 Å². The van der Waals surface area contributed by atoms with Crippen molar-refractivity contribution in [2.75, 3.05) is 14.7 Å². The van der Waals surface area contributed by atoms with E-state index in [-0.39, 0.29) is 55.4 Å². The summed E-state index contributed by atoms with van der Waals surface area (Å²) in [6.45, 7) is 50.8. The van der Waals surface area contributed by atoms with E-state index in [1.165, 1.54) is 128 Å². The van der Waals surface area contributed by atoms with E-state index in [1.54, 1.807) is 0 Å². The lowest BCUT2D eigenvalue weighted by atomic mass is 9.36. The number of hydrogen-bond donors (Lipinski definition) is 0. The van der Waals surface area contributed by atoms with E-state index < -0.39 is 0 Å². The molecule has 1 aromatic heterocycles. The maximum absolute atomic E-state index is 2.79. The average molecular weight is 1270 g/mol. The lowest BCUT2D eigenvalue weighted by Crippen LogP contribution is -2.60. The predicted molar refractivity (Wildman–Crippen MR) is 414 cm³/mol. The van der Waals surface area contributed by atoms with Crippen molar-refractivity contribution in [2.45, 2.75) is 220 Å². The monoisotopic (exact) mass is 1270 g/mol. The molecule has 0 unspecified atom stereocenters. The molecular formula is C90H102BN3S. The Morgan fingerprint density at radius 3 is 1.27 bits per heavy atom. The first-order valence-corrected chi connectivity index (χ1v) is 36.2. The van der Waals surface area contributed by atoms with Crippen molar-refractivity contribution in [2.24, 2.45) is 0 Å². The van der Waals surface area contributed by atoms with Crippen molar-refractivity contribution in [3.8, 4) is 0 Å². The van der Waals surface area contributed by atoms with Gasteiger partial charge in [0.25, 0.3) is 6.71 Å². The third-order valence-electron chi connectivity index (χ3n) is 23.4. The van der Waals surface area contributed by atoms with Crippen LogP contribution in [-0.2, 0) is 48.7 Å². The average Bonchev–Trinajstić information content (AvgIpc) is 1.66. The fourth-order valence-corrected chi connectivity index (χ4v) is 17.9. The van der Waals surface area contributed by atoms with Gasteiger partial charge in [0.05, 0.1) is 11.4 Å². The molecule has 0 amide bonds. The van der Waals surface area contributed by atoms with Gasteiger partial charge in [-0.1, -0.05) is 255 Å². The second kappa shape index (κ2) is 22.0. The lowest BCUT2D eigenvalue weighted by Gasteiger charge is -2.46. The minimum absolute atomic E-state index is 0.0122. The first-order chi connectivity index (χ1) is 44.5. The van der Waals surface area contributed by atoms with Gasteiger partial charge >= 0.3 is 0 Å². The zero-order valence-electron chi connectivity index (χ0n) is 61.1. The molecule has 0 radical (unpaired) electrons. The van der Waals surface area contributed by atoms with E-state index in [1.807, 2.05) is 0 Å². The largest absolute Gasteiger partial charge is 0.311 e. The topological polar surface area (TPSA) is 9.72 Å². The van der Waals surface area contributed by atoms with Crippen LogP contribution in [0.3, 0.4) is 0 Å². The summed E-state index contributed by atoms with van der Waals surface area (Å²) in [7, 11) is 0. The van der Waals surface area contributed by atoms with Crippen LogP contribution in [0.15, 0.2) is 188 Å². The van der Waals surface area contributed by atoms with E-state index >= 15 is 0 Å². The zero-order chi connectivity index (χ0) is 67.7. The zero-order valence-corrected chi connectivity index (χ0v) is 61.9. The van der Waals surface area contributed by atoms with Gasteiger partial charge in [0.1, 0.15) is 0 Å². The Hall–Kier alpha value is -7.60. The fraction of sp³-hybridized carbons (Fsp3) is 0.378. The van der Waals surface area contributed by atoms with Crippen LogP contribution in [0, 0.1) is 0 Å². The number of fused-ring (bicyclic) bond motifs is 8. The first-order valence-electron chi connectivity index (χ1n) is 35.4. The van der Waals surface area contributed by atoms with Crippen LogP contribution < -0.4 is 30.4 Å². The Bertz CT molecular complexity index is 4520. The van der Waals surface area contributed by atoms with E-state index in [2.05, 4.69) is 359 Å². The van der Waals surface area contributed by atoms with Gasteiger partial charge in [-0.15, -0.1) is 11.3 Å². The molecule has 486 valence electrons. The Morgan fingerprint density at radius 2 is 0.789 bits per heavy atom. The highest BCUT2D eigenvalue weighted by Gasteiger charge is 2.49. The summed E-state index contributed by atoms with van der Waals surface area (Å²) in [6.07, 6.45) is 4.62. The van der Waals surface area contributed by atoms with Crippen molar-refractivity contribution in [3.05, 3.63) is 249 Å². The Kier molecular flexibility index (Phi) is 15.0. The molecule has 2 aliphatic carbocycles. The van der Waals surface area contributed by atoms with Crippen molar-refractivity contribution in [1.82, 2.24) is 0 Å². The van der Waals surface area contributed by atoms with Gasteiger partial charge in [-0.05, 0) is 215 Å². The Morgan fingerprint density at radius 1 is 0.358 bits per heavy atom. The number of benzene rings is 9. The Balaban J connectivity index is 1.13. The molecule has 10 aromatic rings.